The van der Waals surface area contributed by atoms with Crippen molar-refractivity contribution in [3.8, 4) is 11.5 Å². The molecule has 30 heavy (non-hydrogen) atoms. The van der Waals surface area contributed by atoms with Crippen molar-refractivity contribution in [3.63, 3.8) is 0 Å². The van der Waals surface area contributed by atoms with Gasteiger partial charge in [0.1, 0.15) is 11.5 Å². The number of hydrogen-bond acceptors (Lipinski definition) is 4. The zero-order chi connectivity index (χ0) is 21.7. The Kier molecular flexibility index (Phi) is 6.98. The van der Waals surface area contributed by atoms with Crippen LogP contribution in [0.3, 0.4) is 0 Å². The largest absolute Gasteiger partial charge is 0.491 e. The lowest BCUT2D eigenvalue weighted by Gasteiger charge is -2.18. The molecule has 0 radical (unpaired) electrons. The fraction of sp³-hybridized carbons (Fsp3) is 0.417. The maximum absolute atomic E-state index is 12.6. The van der Waals surface area contributed by atoms with E-state index in [-0.39, 0.29) is 36.4 Å². The molecule has 1 heterocycles. The third-order valence-electron chi connectivity index (χ3n) is 4.78. The summed E-state index contributed by atoms with van der Waals surface area (Å²) in [5, 5.41) is 2.95. The zero-order valence-corrected chi connectivity index (χ0v) is 18.1. The summed E-state index contributed by atoms with van der Waals surface area (Å²) in [5.74, 6) is 1.07. The number of benzene rings is 2. The molecule has 0 spiro atoms. The molecule has 0 saturated carbocycles. The Morgan fingerprint density at radius 3 is 2.03 bits per heavy atom. The normalized spacial score (nSPS) is 16.3. The second-order valence-corrected chi connectivity index (χ2v) is 8.09. The molecule has 1 aliphatic heterocycles. The van der Waals surface area contributed by atoms with Gasteiger partial charge in [0, 0.05) is 25.2 Å². The molecular formula is C24H30N2O4. The molecule has 2 aromatic carbocycles. The van der Waals surface area contributed by atoms with Crippen LogP contribution in [0.15, 0.2) is 48.5 Å². The lowest BCUT2D eigenvalue weighted by molar-refractivity contribution is -0.126. The Morgan fingerprint density at radius 1 is 0.967 bits per heavy atom. The van der Waals surface area contributed by atoms with E-state index in [4.69, 9.17) is 9.47 Å². The van der Waals surface area contributed by atoms with Crippen LogP contribution >= 0.6 is 0 Å². The Bertz CT molecular complexity index is 860. The topological polar surface area (TPSA) is 67.9 Å². The third kappa shape index (κ3) is 5.75. The van der Waals surface area contributed by atoms with Crippen molar-refractivity contribution in [2.45, 2.75) is 52.9 Å². The predicted molar refractivity (Wildman–Crippen MR) is 117 cm³/mol. The molecule has 6 nitrogen and oxygen atoms in total. The van der Waals surface area contributed by atoms with Crippen molar-refractivity contribution in [1.82, 2.24) is 5.32 Å². The van der Waals surface area contributed by atoms with Gasteiger partial charge in [0.25, 0.3) is 0 Å². The van der Waals surface area contributed by atoms with Crippen LogP contribution in [0.25, 0.3) is 0 Å². The van der Waals surface area contributed by atoms with Crippen molar-refractivity contribution in [3.05, 3.63) is 54.1 Å². The minimum Gasteiger partial charge on any atom is -0.491 e. The van der Waals surface area contributed by atoms with E-state index >= 15 is 0 Å². The van der Waals surface area contributed by atoms with Gasteiger partial charge in [0.2, 0.25) is 11.8 Å². The first kappa shape index (κ1) is 21.7. The van der Waals surface area contributed by atoms with Crippen LogP contribution in [-0.2, 0) is 16.1 Å². The molecule has 0 bridgehead atoms. The number of carbonyl (C=O) groups is 2. The van der Waals surface area contributed by atoms with E-state index in [1.807, 2.05) is 76.2 Å². The summed E-state index contributed by atoms with van der Waals surface area (Å²) in [5.41, 5.74) is 1.77. The van der Waals surface area contributed by atoms with Crippen molar-refractivity contribution in [1.29, 1.82) is 0 Å². The fourth-order valence-corrected chi connectivity index (χ4v) is 3.40. The highest BCUT2D eigenvalue weighted by Gasteiger charge is 2.35. The van der Waals surface area contributed by atoms with E-state index in [2.05, 4.69) is 5.32 Å². The molecule has 0 unspecified atom stereocenters. The average molecular weight is 411 g/mol. The molecule has 0 aromatic heterocycles. The third-order valence-corrected chi connectivity index (χ3v) is 4.78. The van der Waals surface area contributed by atoms with Gasteiger partial charge in [-0.25, -0.2) is 0 Å². The molecule has 1 fully saturated rings. The Hall–Kier alpha value is -3.02. The van der Waals surface area contributed by atoms with E-state index in [0.717, 1.165) is 22.7 Å². The molecule has 1 N–H and O–H groups in total. The highest BCUT2D eigenvalue weighted by Crippen LogP contribution is 2.27. The van der Waals surface area contributed by atoms with Gasteiger partial charge in [0.15, 0.2) is 0 Å². The molecule has 3 rings (SSSR count). The predicted octanol–water partition coefficient (Wildman–Crippen LogP) is 3.93. The zero-order valence-electron chi connectivity index (χ0n) is 18.1. The summed E-state index contributed by atoms with van der Waals surface area (Å²) in [4.78, 5) is 26.7. The highest BCUT2D eigenvalue weighted by atomic mass is 16.5. The van der Waals surface area contributed by atoms with Crippen LogP contribution in [0, 0.1) is 5.92 Å². The first-order valence-corrected chi connectivity index (χ1v) is 10.4. The van der Waals surface area contributed by atoms with Gasteiger partial charge in [-0.2, -0.15) is 0 Å². The first-order chi connectivity index (χ1) is 14.3. The van der Waals surface area contributed by atoms with E-state index in [1.165, 1.54) is 0 Å². The smallest absolute Gasteiger partial charge is 0.227 e. The maximum Gasteiger partial charge on any atom is 0.227 e. The molecule has 160 valence electrons. The molecule has 2 aromatic rings. The van der Waals surface area contributed by atoms with Gasteiger partial charge in [0.05, 0.1) is 18.1 Å². The maximum atomic E-state index is 12.6. The van der Waals surface area contributed by atoms with Crippen LogP contribution < -0.4 is 19.7 Å². The van der Waals surface area contributed by atoms with Crippen LogP contribution in [0.1, 0.15) is 39.7 Å². The SMILES string of the molecule is CC(C)Oc1ccc(CNC(=O)[C@@H]2CC(=O)N(c3ccc(OC(C)C)cc3)C2)cc1. The monoisotopic (exact) mass is 410 g/mol. The number of nitrogens with one attached hydrogen (secondary N) is 1. The van der Waals surface area contributed by atoms with Crippen molar-refractivity contribution >= 4 is 17.5 Å². The molecule has 2 amide bonds. The lowest BCUT2D eigenvalue weighted by atomic mass is 10.1. The van der Waals surface area contributed by atoms with E-state index in [1.54, 1.807) is 4.90 Å². The van der Waals surface area contributed by atoms with Crippen LogP contribution in [0.5, 0.6) is 11.5 Å². The number of amides is 2. The quantitative estimate of drug-likeness (QED) is 0.716. The van der Waals surface area contributed by atoms with Gasteiger partial charge in [-0.15, -0.1) is 0 Å². The highest BCUT2D eigenvalue weighted by molar-refractivity contribution is 6.00. The molecule has 6 heteroatoms. The van der Waals surface area contributed by atoms with Gasteiger partial charge in [-0.05, 0) is 69.7 Å². The van der Waals surface area contributed by atoms with Crippen molar-refractivity contribution < 1.29 is 19.1 Å². The number of nitrogens with zero attached hydrogens (tertiary/aromatic N) is 1. The number of hydrogen-bond donors (Lipinski definition) is 1. The molecular weight excluding hydrogens is 380 g/mol. The van der Waals surface area contributed by atoms with E-state index < -0.39 is 0 Å². The molecule has 1 atom stereocenters. The summed E-state index contributed by atoms with van der Waals surface area (Å²) >= 11 is 0. The van der Waals surface area contributed by atoms with Crippen LogP contribution in [0.2, 0.25) is 0 Å². The fourth-order valence-electron chi connectivity index (χ4n) is 3.40. The van der Waals surface area contributed by atoms with Gasteiger partial charge in [-0.3, -0.25) is 9.59 Å². The Balaban J connectivity index is 1.53. The van der Waals surface area contributed by atoms with Gasteiger partial charge in [-0.1, -0.05) is 12.1 Å². The standard InChI is InChI=1S/C24H30N2O4/c1-16(2)29-21-9-5-18(6-10-21)14-25-24(28)19-13-23(27)26(15-19)20-7-11-22(12-8-20)30-17(3)4/h5-12,16-17,19H,13-15H2,1-4H3,(H,25,28)/t19-/m1/s1. The summed E-state index contributed by atoms with van der Waals surface area (Å²) in [6, 6.07) is 15.1. The number of ether oxygens (including phenoxy) is 2. The van der Waals surface area contributed by atoms with E-state index in [0.29, 0.717) is 13.1 Å². The molecule has 1 saturated heterocycles. The van der Waals surface area contributed by atoms with Crippen molar-refractivity contribution in [2.75, 3.05) is 11.4 Å². The Morgan fingerprint density at radius 2 is 1.50 bits per heavy atom. The second kappa shape index (κ2) is 9.65. The lowest BCUT2D eigenvalue weighted by Crippen LogP contribution is -2.32. The summed E-state index contributed by atoms with van der Waals surface area (Å²) in [7, 11) is 0. The summed E-state index contributed by atoms with van der Waals surface area (Å²) < 4.78 is 11.3. The minimum absolute atomic E-state index is 0.0390. The number of rotatable bonds is 8. The second-order valence-electron chi connectivity index (χ2n) is 8.09. The first-order valence-electron chi connectivity index (χ1n) is 10.4. The van der Waals surface area contributed by atoms with Crippen molar-refractivity contribution in [2.24, 2.45) is 5.92 Å². The summed E-state index contributed by atoms with van der Waals surface area (Å²) in [6.07, 6.45) is 0.436. The minimum atomic E-state index is -0.354. The molecule has 1 aliphatic rings. The Labute approximate surface area is 178 Å². The number of anilines is 1. The van der Waals surface area contributed by atoms with Gasteiger partial charge >= 0.3 is 0 Å². The average Bonchev–Trinajstić information content (AvgIpc) is 3.09. The van der Waals surface area contributed by atoms with Crippen LogP contribution in [-0.4, -0.2) is 30.6 Å². The summed E-state index contributed by atoms with van der Waals surface area (Å²) in [6.45, 7) is 8.70. The number of carbonyl (C=O) groups excluding carboxylic acids is 2. The van der Waals surface area contributed by atoms with Crippen LogP contribution in [0.4, 0.5) is 5.69 Å². The molecule has 0 aliphatic carbocycles. The van der Waals surface area contributed by atoms with Gasteiger partial charge < -0.3 is 19.7 Å². The van der Waals surface area contributed by atoms with E-state index in [9.17, 15) is 9.59 Å².